The molecular weight excluding hydrogens is 582 g/mol. The van der Waals surface area contributed by atoms with Gasteiger partial charge in [-0.2, -0.15) is 0 Å². The van der Waals surface area contributed by atoms with Crippen LogP contribution in [0.4, 0.5) is 4.79 Å². The second kappa shape index (κ2) is 13.5. The van der Waals surface area contributed by atoms with Crippen LogP contribution in [0.1, 0.15) is 32.9 Å². The first kappa shape index (κ1) is 30.9. The fraction of sp³-hybridized carbons (Fsp3) is 0.333. The number of nitrogens with zero attached hydrogens (tertiary/aromatic N) is 5. The number of aromatic nitrogens is 4. The van der Waals surface area contributed by atoms with Crippen LogP contribution in [0.25, 0.3) is 32.9 Å². The molecule has 1 aliphatic rings. The van der Waals surface area contributed by atoms with E-state index in [-0.39, 0.29) is 18.8 Å². The van der Waals surface area contributed by atoms with Crippen molar-refractivity contribution in [3.8, 4) is 34.6 Å². The van der Waals surface area contributed by atoms with Crippen LogP contribution < -0.4 is 9.47 Å². The van der Waals surface area contributed by atoms with Gasteiger partial charge < -0.3 is 28.4 Å². The van der Waals surface area contributed by atoms with Crippen molar-refractivity contribution in [2.45, 2.75) is 38.9 Å². The third-order valence-electron chi connectivity index (χ3n) is 7.53. The van der Waals surface area contributed by atoms with E-state index in [4.69, 9.17) is 18.9 Å². The lowest BCUT2D eigenvalue weighted by Gasteiger charge is -2.39. The maximum absolute atomic E-state index is 12.0. The van der Waals surface area contributed by atoms with E-state index >= 15 is 0 Å². The van der Waals surface area contributed by atoms with Crippen LogP contribution >= 0.6 is 0 Å². The van der Waals surface area contributed by atoms with E-state index in [2.05, 4.69) is 56.6 Å². The van der Waals surface area contributed by atoms with E-state index < -0.39 is 5.60 Å². The number of benzene rings is 1. The third-order valence-corrected chi connectivity index (χ3v) is 7.53. The molecule has 0 bridgehead atoms. The quantitative estimate of drug-likeness (QED) is 0.146. The number of likely N-dealkylation sites (tertiary alicyclic amines) is 1. The summed E-state index contributed by atoms with van der Waals surface area (Å²) in [5, 5.41) is 2.34. The predicted molar refractivity (Wildman–Crippen MR) is 176 cm³/mol. The lowest BCUT2D eigenvalue weighted by atomic mass is 10.1. The molecule has 5 aromatic rings. The van der Waals surface area contributed by atoms with Crippen LogP contribution in [0.2, 0.25) is 0 Å². The molecule has 0 N–H and O–H groups in total. The molecule has 0 atom stereocenters. The van der Waals surface area contributed by atoms with Gasteiger partial charge in [0.05, 0.1) is 44.1 Å². The second-order valence-electron chi connectivity index (χ2n) is 12.1. The Kier molecular flexibility index (Phi) is 9.04. The van der Waals surface area contributed by atoms with Crippen molar-refractivity contribution in [3.63, 3.8) is 0 Å². The third kappa shape index (κ3) is 7.38. The fourth-order valence-electron chi connectivity index (χ4n) is 5.14. The molecule has 0 radical (unpaired) electrons. The normalized spacial score (nSPS) is 13.3. The van der Waals surface area contributed by atoms with E-state index in [9.17, 15) is 4.79 Å². The van der Waals surface area contributed by atoms with Gasteiger partial charge in [-0.15, -0.1) is 0 Å². The number of hydrogen-bond donors (Lipinski definition) is 0. The van der Waals surface area contributed by atoms with E-state index in [1.807, 2.05) is 69.7 Å². The second-order valence-corrected chi connectivity index (χ2v) is 12.1. The number of ether oxygens (including phenoxy) is 4. The van der Waals surface area contributed by atoms with Gasteiger partial charge in [0.15, 0.2) is 0 Å². The molecule has 10 heteroatoms. The molecule has 1 saturated heterocycles. The van der Waals surface area contributed by atoms with Crippen molar-refractivity contribution in [3.05, 3.63) is 79.0 Å². The average Bonchev–Trinajstić information content (AvgIpc) is 3.31. The summed E-state index contributed by atoms with van der Waals surface area (Å²) in [6.45, 7) is 7.81. The van der Waals surface area contributed by atoms with Crippen molar-refractivity contribution in [1.29, 1.82) is 0 Å². The van der Waals surface area contributed by atoms with Gasteiger partial charge in [0.25, 0.3) is 0 Å². The Balaban J connectivity index is 0.890. The minimum absolute atomic E-state index is 0.0280. The fourth-order valence-corrected chi connectivity index (χ4v) is 5.14. The molecular formula is C36H37N5O5. The molecule has 1 fully saturated rings. The number of carbonyl (C=O) groups excluding carboxylic acids is 1. The lowest BCUT2D eigenvalue weighted by molar-refractivity contribution is -0.0545. The summed E-state index contributed by atoms with van der Waals surface area (Å²) in [4.78, 5) is 26.7. The van der Waals surface area contributed by atoms with Crippen molar-refractivity contribution in [2.75, 3.05) is 32.9 Å². The molecule has 236 valence electrons. The van der Waals surface area contributed by atoms with Gasteiger partial charge >= 0.3 is 6.09 Å². The topological polar surface area (TPSA) is 101 Å². The number of aryl methyl sites for hydroxylation is 1. The van der Waals surface area contributed by atoms with E-state index in [0.717, 1.165) is 27.5 Å². The standard InChI is InChI=1S/C36H37N5O5/c1-36(2,3)46-35(42)41-23-29(24-41)44-16-5-7-27-10-11-28(21-38-27)43-17-6-18-45-34-13-9-26(20-39-34)25-8-12-30-31-22-37-15-14-32(31)40(4)33(30)19-25/h8-15,19-22,29H,6,16-18,23-24H2,1-4H3. The van der Waals surface area contributed by atoms with Crippen molar-refractivity contribution < 1.29 is 23.7 Å². The van der Waals surface area contributed by atoms with Gasteiger partial charge in [0.2, 0.25) is 5.88 Å². The van der Waals surface area contributed by atoms with E-state index in [1.165, 1.54) is 5.39 Å². The van der Waals surface area contributed by atoms with Crippen LogP contribution in [0.15, 0.2) is 73.3 Å². The zero-order chi connectivity index (χ0) is 32.1. The molecule has 0 aliphatic carbocycles. The first-order valence-electron chi connectivity index (χ1n) is 15.3. The van der Waals surface area contributed by atoms with Crippen molar-refractivity contribution in [1.82, 2.24) is 24.4 Å². The molecule has 0 unspecified atom stereocenters. The highest BCUT2D eigenvalue weighted by Crippen LogP contribution is 2.31. The number of pyridine rings is 3. The van der Waals surface area contributed by atoms with Crippen LogP contribution in [0.3, 0.4) is 0 Å². The zero-order valence-corrected chi connectivity index (χ0v) is 26.5. The summed E-state index contributed by atoms with van der Waals surface area (Å²) in [5.74, 6) is 7.20. The summed E-state index contributed by atoms with van der Waals surface area (Å²) in [5.41, 5.74) is 4.57. The minimum atomic E-state index is -0.502. The summed E-state index contributed by atoms with van der Waals surface area (Å²) in [7, 11) is 2.08. The average molecular weight is 620 g/mol. The largest absolute Gasteiger partial charge is 0.492 e. The number of carbonyl (C=O) groups is 1. The molecule has 5 heterocycles. The maximum Gasteiger partial charge on any atom is 0.410 e. The highest BCUT2D eigenvalue weighted by Gasteiger charge is 2.34. The van der Waals surface area contributed by atoms with Gasteiger partial charge in [-0.05, 0) is 62.6 Å². The smallest absolute Gasteiger partial charge is 0.410 e. The Labute approximate surface area is 268 Å². The van der Waals surface area contributed by atoms with Crippen LogP contribution in [-0.4, -0.2) is 75.1 Å². The maximum atomic E-state index is 12.0. The Morgan fingerprint density at radius 1 is 0.913 bits per heavy atom. The zero-order valence-electron chi connectivity index (χ0n) is 26.5. The Morgan fingerprint density at radius 3 is 2.50 bits per heavy atom. The monoisotopic (exact) mass is 619 g/mol. The highest BCUT2D eigenvalue weighted by atomic mass is 16.6. The molecule has 46 heavy (non-hydrogen) atoms. The molecule has 6 rings (SSSR count). The Bertz CT molecular complexity index is 1880. The first-order valence-corrected chi connectivity index (χ1v) is 15.3. The van der Waals surface area contributed by atoms with Crippen LogP contribution in [0, 0.1) is 11.8 Å². The van der Waals surface area contributed by atoms with Gasteiger partial charge in [-0.25, -0.2) is 14.8 Å². The molecule has 1 aliphatic heterocycles. The predicted octanol–water partition coefficient (Wildman–Crippen LogP) is 6.02. The van der Waals surface area contributed by atoms with Gasteiger partial charge in [0.1, 0.15) is 23.7 Å². The summed E-state index contributed by atoms with van der Waals surface area (Å²) in [6, 6.07) is 16.1. The molecule has 1 amide bonds. The van der Waals surface area contributed by atoms with E-state index in [1.54, 1.807) is 11.1 Å². The number of amides is 1. The molecule has 0 saturated carbocycles. The van der Waals surface area contributed by atoms with Crippen LogP contribution in [0.5, 0.6) is 11.6 Å². The Hall–Kier alpha value is -5.14. The minimum Gasteiger partial charge on any atom is -0.492 e. The first-order chi connectivity index (χ1) is 22.2. The SMILES string of the molecule is Cn1c2ccncc2c2ccc(-c3ccc(OCCCOc4ccc(C#CCOC5CN(C(=O)OC(C)(C)C)C5)nc4)nc3)cc21. The molecule has 1 aromatic carbocycles. The van der Waals surface area contributed by atoms with Gasteiger partial charge in [-0.3, -0.25) is 4.98 Å². The summed E-state index contributed by atoms with van der Waals surface area (Å²) in [6.07, 6.45) is 7.59. The number of fused-ring (bicyclic) bond motifs is 3. The Morgan fingerprint density at radius 2 is 1.74 bits per heavy atom. The summed E-state index contributed by atoms with van der Waals surface area (Å²) < 4.78 is 24.9. The van der Waals surface area contributed by atoms with Gasteiger partial charge in [-0.1, -0.05) is 18.1 Å². The molecule has 0 spiro atoms. The molecule has 10 nitrogen and oxygen atoms in total. The number of rotatable bonds is 9. The van der Waals surface area contributed by atoms with E-state index in [0.29, 0.717) is 50.0 Å². The van der Waals surface area contributed by atoms with Crippen molar-refractivity contribution in [2.24, 2.45) is 7.05 Å². The van der Waals surface area contributed by atoms with Gasteiger partial charge in [0, 0.05) is 60.0 Å². The molecule has 4 aromatic heterocycles. The number of hydrogen-bond acceptors (Lipinski definition) is 8. The summed E-state index contributed by atoms with van der Waals surface area (Å²) >= 11 is 0. The van der Waals surface area contributed by atoms with Crippen LogP contribution in [-0.2, 0) is 16.5 Å². The lowest BCUT2D eigenvalue weighted by Crippen LogP contribution is -2.55. The van der Waals surface area contributed by atoms with Crippen molar-refractivity contribution >= 4 is 27.9 Å². The highest BCUT2D eigenvalue weighted by molar-refractivity contribution is 6.08.